The molecule has 0 aliphatic carbocycles. The molecule has 8 heteroatoms. The van der Waals surface area contributed by atoms with Crippen molar-refractivity contribution < 1.29 is 26.4 Å². The van der Waals surface area contributed by atoms with Gasteiger partial charge >= 0.3 is 6.18 Å². The molecule has 0 fully saturated rings. The number of carbonyl (C=O) groups excluding carboxylic acids is 1. The number of alkyl halides is 3. The van der Waals surface area contributed by atoms with E-state index in [9.17, 15) is 26.4 Å². The smallest absolute Gasteiger partial charge is 0.293 e. The van der Waals surface area contributed by atoms with E-state index in [-0.39, 0.29) is 10.5 Å². The Labute approximate surface area is 137 Å². The lowest BCUT2D eigenvalue weighted by Crippen LogP contribution is -2.29. The molecular weight excluding hydrogens is 343 g/mol. The standard InChI is InChI=1S/C16H14F3NO3S/c1-11-2-8-14(9-3-11)24(22,23)20-10-15(21)12-4-6-13(7-5-12)16(17,18)19/h2-9,20H,10H2,1H3. The van der Waals surface area contributed by atoms with Gasteiger partial charge in [0.2, 0.25) is 10.0 Å². The van der Waals surface area contributed by atoms with Gasteiger partial charge in [-0.25, -0.2) is 13.1 Å². The third kappa shape index (κ3) is 4.42. The normalized spacial score (nSPS) is 12.2. The fourth-order valence-electron chi connectivity index (χ4n) is 1.91. The molecule has 0 saturated heterocycles. The highest BCUT2D eigenvalue weighted by Gasteiger charge is 2.30. The molecule has 0 unspecified atom stereocenters. The first-order valence-electron chi connectivity index (χ1n) is 6.86. The Kier molecular flexibility index (Phi) is 5.10. The SMILES string of the molecule is Cc1ccc(S(=O)(=O)NCC(=O)c2ccc(C(F)(F)F)cc2)cc1. The van der Waals surface area contributed by atoms with Gasteiger partial charge in [0.1, 0.15) is 0 Å². The van der Waals surface area contributed by atoms with Crippen LogP contribution in [0, 0.1) is 6.92 Å². The molecule has 2 aromatic rings. The topological polar surface area (TPSA) is 63.2 Å². The second-order valence-electron chi connectivity index (χ2n) is 5.14. The number of hydrogen-bond donors (Lipinski definition) is 1. The minimum Gasteiger partial charge on any atom is -0.293 e. The first-order valence-corrected chi connectivity index (χ1v) is 8.35. The average molecular weight is 357 g/mol. The zero-order valence-corrected chi connectivity index (χ0v) is 13.4. The van der Waals surface area contributed by atoms with Crippen LogP contribution in [-0.2, 0) is 16.2 Å². The highest BCUT2D eigenvalue weighted by Crippen LogP contribution is 2.29. The molecule has 0 spiro atoms. The van der Waals surface area contributed by atoms with Gasteiger partial charge in [0.25, 0.3) is 0 Å². The summed E-state index contributed by atoms with van der Waals surface area (Å²) in [5.74, 6) is -0.626. The van der Waals surface area contributed by atoms with Gasteiger partial charge in [0.05, 0.1) is 17.0 Å². The van der Waals surface area contributed by atoms with Gasteiger partial charge in [-0.05, 0) is 31.2 Å². The number of carbonyl (C=O) groups is 1. The minimum absolute atomic E-state index is 0.00499. The summed E-state index contributed by atoms with van der Waals surface area (Å²) >= 11 is 0. The number of hydrogen-bond acceptors (Lipinski definition) is 3. The highest BCUT2D eigenvalue weighted by molar-refractivity contribution is 7.89. The lowest BCUT2D eigenvalue weighted by Gasteiger charge is -2.08. The number of Topliss-reactive ketones (excluding diaryl/α,β-unsaturated/α-hetero) is 1. The highest BCUT2D eigenvalue weighted by atomic mass is 32.2. The van der Waals surface area contributed by atoms with Crippen molar-refractivity contribution in [3.05, 3.63) is 65.2 Å². The number of ketones is 1. The van der Waals surface area contributed by atoms with Crippen LogP contribution in [0.1, 0.15) is 21.5 Å². The maximum Gasteiger partial charge on any atom is 0.416 e. The summed E-state index contributed by atoms with van der Waals surface area (Å²) in [7, 11) is -3.86. The second-order valence-corrected chi connectivity index (χ2v) is 6.90. The van der Waals surface area contributed by atoms with Crippen LogP contribution in [0.2, 0.25) is 0 Å². The van der Waals surface area contributed by atoms with Crippen LogP contribution in [0.4, 0.5) is 13.2 Å². The Bertz CT molecular complexity index is 826. The van der Waals surface area contributed by atoms with Crippen molar-refractivity contribution in [3.8, 4) is 0 Å². The fraction of sp³-hybridized carbons (Fsp3) is 0.188. The Morgan fingerprint density at radius 3 is 2.04 bits per heavy atom. The average Bonchev–Trinajstić information content (AvgIpc) is 2.52. The van der Waals surface area contributed by atoms with E-state index in [1.54, 1.807) is 19.1 Å². The zero-order chi connectivity index (χ0) is 18.0. The molecule has 0 amide bonds. The molecule has 0 aromatic heterocycles. The monoisotopic (exact) mass is 357 g/mol. The summed E-state index contributed by atoms with van der Waals surface area (Å²) in [6.07, 6.45) is -4.49. The summed E-state index contributed by atoms with van der Waals surface area (Å²) in [6.45, 7) is 1.26. The van der Waals surface area contributed by atoms with Crippen LogP contribution in [-0.4, -0.2) is 20.7 Å². The van der Waals surface area contributed by atoms with E-state index in [0.29, 0.717) is 0 Å². The molecule has 2 rings (SSSR count). The van der Waals surface area contributed by atoms with Crippen LogP contribution < -0.4 is 4.72 Å². The number of rotatable bonds is 5. The Morgan fingerprint density at radius 1 is 1.00 bits per heavy atom. The molecule has 0 heterocycles. The molecule has 128 valence electrons. The summed E-state index contributed by atoms with van der Waals surface area (Å²) in [5, 5.41) is 0. The first kappa shape index (κ1) is 18.2. The quantitative estimate of drug-likeness (QED) is 0.836. The summed E-state index contributed by atoms with van der Waals surface area (Å²) in [6, 6.07) is 9.64. The van der Waals surface area contributed by atoms with Gasteiger partial charge in [0, 0.05) is 5.56 Å². The van der Waals surface area contributed by atoms with E-state index in [2.05, 4.69) is 4.72 Å². The van der Waals surface area contributed by atoms with Crippen LogP contribution in [0.25, 0.3) is 0 Å². The third-order valence-electron chi connectivity index (χ3n) is 3.29. The van der Waals surface area contributed by atoms with Gasteiger partial charge < -0.3 is 0 Å². The molecule has 0 atom stereocenters. The molecule has 0 radical (unpaired) electrons. The lowest BCUT2D eigenvalue weighted by atomic mass is 10.1. The summed E-state index contributed by atoms with van der Waals surface area (Å²) < 4.78 is 63.6. The molecule has 1 N–H and O–H groups in total. The van der Waals surface area contributed by atoms with Gasteiger partial charge in [-0.15, -0.1) is 0 Å². The van der Waals surface area contributed by atoms with Gasteiger partial charge in [0.15, 0.2) is 5.78 Å². The van der Waals surface area contributed by atoms with Crippen LogP contribution in [0.5, 0.6) is 0 Å². The van der Waals surface area contributed by atoms with Crippen LogP contribution in [0.15, 0.2) is 53.4 Å². The predicted octanol–water partition coefficient (Wildman–Crippen LogP) is 3.18. The van der Waals surface area contributed by atoms with E-state index in [1.165, 1.54) is 12.1 Å². The van der Waals surface area contributed by atoms with E-state index in [1.807, 2.05) is 0 Å². The van der Waals surface area contributed by atoms with Gasteiger partial charge in [-0.2, -0.15) is 13.2 Å². The van der Waals surface area contributed by atoms with Crippen molar-refractivity contribution in [1.82, 2.24) is 4.72 Å². The van der Waals surface area contributed by atoms with E-state index in [0.717, 1.165) is 29.8 Å². The summed E-state index contributed by atoms with van der Waals surface area (Å²) in [5.41, 5.74) is 0.00340. The molecule has 2 aromatic carbocycles. The van der Waals surface area contributed by atoms with Crippen LogP contribution in [0.3, 0.4) is 0 Å². The maximum atomic E-state index is 12.5. The molecule has 0 aliphatic rings. The van der Waals surface area contributed by atoms with Crippen molar-refractivity contribution in [2.24, 2.45) is 0 Å². The first-order chi connectivity index (χ1) is 11.1. The summed E-state index contributed by atoms with van der Waals surface area (Å²) in [4.78, 5) is 11.9. The van der Waals surface area contributed by atoms with E-state index >= 15 is 0 Å². The second kappa shape index (κ2) is 6.74. The van der Waals surface area contributed by atoms with Crippen LogP contribution >= 0.6 is 0 Å². The van der Waals surface area contributed by atoms with E-state index in [4.69, 9.17) is 0 Å². The zero-order valence-electron chi connectivity index (χ0n) is 12.6. The number of sulfonamides is 1. The van der Waals surface area contributed by atoms with Crippen molar-refractivity contribution >= 4 is 15.8 Å². The Balaban J connectivity index is 2.06. The molecule has 0 bridgehead atoms. The number of nitrogens with one attached hydrogen (secondary N) is 1. The van der Waals surface area contributed by atoms with Crippen molar-refractivity contribution in [2.45, 2.75) is 18.0 Å². The van der Waals surface area contributed by atoms with Gasteiger partial charge in [-0.1, -0.05) is 29.8 Å². The van der Waals surface area contributed by atoms with Gasteiger partial charge in [-0.3, -0.25) is 4.79 Å². The Hall–Kier alpha value is -2.19. The third-order valence-corrected chi connectivity index (χ3v) is 4.71. The fourth-order valence-corrected chi connectivity index (χ4v) is 2.89. The Morgan fingerprint density at radius 2 is 1.54 bits per heavy atom. The molecule has 4 nitrogen and oxygen atoms in total. The molecule has 24 heavy (non-hydrogen) atoms. The molecular formula is C16H14F3NO3S. The van der Waals surface area contributed by atoms with E-state index < -0.39 is 34.1 Å². The maximum absolute atomic E-state index is 12.5. The van der Waals surface area contributed by atoms with Crippen molar-refractivity contribution in [2.75, 3.05) is 6.54 Å². The number of aryl methyl sites for hydroxylation is 1. The van der Waals surface area contributed by atoms with Crippen molar-refractivity contribution in [3.63, 3.8) is 0 Å². The molecule has 0 saturated carbocycles. The van der Waals surface area contributed by atoms with Crippen molar-refractivity contribution in [1.29, 1.82) is 0 Å². The number of halogens is 3. The largest absolute Gasteiger partial charge is 0.416 e. The predicted molar refractivity (Wildman–Crippen MR) is 82.1 cm³/mol. The minimum atomic E-state index is -4.49. The lowest BCUT2D eigenvalue weighted by molar-refractivity contribution is -0.137. The number of benzene rings is 2. The molecule has 0 aliphatic heterocycles.